The van der Waals surface area contributed by atoms with Crippen LogP contribution in [0, 0.1) is 11.3 Å². The highest BCUT2D eigenvalue weighted by Gasteiger charge is 2.17. The molecule has 2 heterocycles. The van der Waals surface area contributed by atoms with E-state index in [1.165, 1.54) is 5.69 Å². The normalized spacial score (nSPS) is 14.6. The molecule has 4 rings (SSSR count). The molecule has 32 heavy (non-hydrogen) atoms. The molecule has 1 fully saturated rings. The molecule has 6 nitrogen and oxygen atoms in total. The second-order valence-corrected chi connectivity index (χ2v) is 8.58. The zero-order chi connectivity index (χ0) is 22.3. The minimum Gasteiger partial charge on any atom is -0.493 e. The van der Waals surface area contributed by atoms with Crippen LogP contribution in [-0.4, -0.2) is 49.8 Å². The maximum Gasteiger partial charge on any atom is 0.161 e. The fraction of sp³-hybridized carbons (Fsp3) is 0.360. The number of hydrogen-bond acceptors (Lipinski definition) is 7. The van der Waals surface area contributed by atoms with Gasteiger partial charge in [-0.15, -0.1) is 11.3 Å². The fourth-order valence-electron chi connectivity index (χ4n) is 3.95. The first-order chi connectivity index (χ1) is 15.7. The minimum atomic E-state index is 0.607. The van der Waals surface area contributed by atoms with Gasteiger partial charge in [0, 0.05) is 49.4 Å². The summed E-state index contributed by atoms with van der Waals surface area (Å²) in [7, 11) is 1.66. The Labute approximate surface area is 193 Å². The lowest BCUT2D eigenvalue weighted by Gasteiger charge is -2.23. The van der Waals surface area contributed by atoms with Gasteiger partial charge in [0.2, 0.25) is 0 Å². The SMILES string of the molecule is CCOc1ccc(-c2nc(CN3CCCN(c4ccc(C#N)cc4)CC3)cs2)cc1OC. The highest BCUT2D eigenvalue weighted by molar-refractivity contribution is 7.13. The van der Waals surface area contributed by atoms with Crippen molar-refractivity contribution in [3.05, 3.63) is 59.1 Å². The molecule has 1 aromatic heterocycles. The van der Waals surface area contributed by atoms with Crippen LogP contribution in [0.1, 0.15) is 24.6 Å². The van der Waals surface area contributed by atoms with Gasteiger partial charge in [0.05, 0.1) is 31.0 Å². The number of benzene rings is 2. The van der Waals surface area contributed by atoms with E-state index in [0.29, 0.717) is 12.2 Å². The first kappa shape index (κ1) is 22.1. The van der Waals surface area contributed by atoms with Crippen molar-refractivity contribution in [2.75, 3.05) is 44.8 Å². The van der Waals surface area contributed by atoms with Crippen LogP contribution in [0.4, 0.5) is 5.69 Å². The summed E-state index contributed by atoms with van der Waals surface area (Å²) < 4.78 is 11.1. The molecular formula is C25H28N4O2S. The molecule has 0 radical (unpaired) electrons. The first-order valence-corrected chi connectivity index (χ1v) is 11.8. The van der Waals surface area contributed by atoms with E-state index in [1.54, 1.807) is 18.4 Å². The number of anilines is 1. The van der Waals surface area contributed by atoms with Crippen LogP contribution < -0.4 is 14.4 Å². The Kier molecular flexibility index (Phi) is 7.25. The highest BCUT2D eigenvalue weighted by atomic mass is 32.1. The third-order valence-corrected chi connectivity index (χ3v) is 6.54. The fourth-order valence-corrected chi connectivity index (χ4v) is 4.76. The molecule has 1 saturated heterocycles. The number of rotatable bonds is 7. The first-order valence-electron chi connectivity index (χ1n) is 10.9. The lowest BCUT2D eigenvalue weighted by molar-refractivity contribution is 0.282. The predicted octanol–water partition coefficient (Wildman–Crippen LogP) is 4.80. The van der Waals surface area contributed by atoms with Gasteiger partial charge >= 0.3 is 0 Å². The smallest absolute Gasteiger partial charge is 0.161 e. The van der Waals surface area contributed by atoms with E-state index in [-0.39, 0.29) is 0 Å². The van der Waals surface area contributed by atoms with Crippen LogP contribution in [0.25, 0.3) is 10.6 Å². The van der Waals surface area contributed by atoms with Crippen LogP contribution in [0.5, 0.6) is 11.5 Å². The lowest BCUT2D eigenvalue weighted by Crippen LogP contribution is -2.30. The van der Waals surface area contributed by atoms with Crippen LogP contribution >= 0.6 is 11.3 Å². The quantitative estimate of drug-likeness (QED) is 0.517. The third-order valence-electron chi connectivity index (χ3n) is 5.60. The van der Waals surface area contributed by atoms with Gasteiger partial charge in [-0.2, -0.15) is 5.26 Å². The van der Waals surface area contributed by atoms with E-state index < -0.39 is 0 Å². The zero-order valence-electron chi connectivity index (χ0n) is 18.6. The summed E-state index contributed by atoms with van der Waals surface area (Å²) in [4.78, 5) is 9.76. The van der Waals surface area contributed by atoms with Gasteiger partial charge in [-0.05, 0) is 55.8 Å². The van der Waals surface area contributed by atoms with E-state index in [4.69, 9.17) is 19.7 Å². The van der Waals surface area contributed by atoms with E-state index >= 15 is 0 Å². The number of methoxy groups -OCH3 is 1. The highest BCUT2D eigenvalue weighted by Crippen LogP contribution is 2.34. The molecule has 0 aliphatic carbocycles. The van der Waals surface area contributed by atoms with Crippen molar-refractivity contribution in [1.29, 1.82) is 5.26 Å². The molecule has 1 aliphatic heterocycles. The van der Waals surface area contributed by atoms with Gasteiger partial charge in [0.15, 0.2) is 11.5 Å². The second-order valence-electron chi connectivity index (χ2n) is 7.72. The summed E-state index contributed by atoms with van der Waals surface area (Å²) in [6.07, 6.45) is 1.10. The molecule has 0 atom stereocenters. The number of aromatic nitrogens is 1. The number of hydrogen-bond donors (Lipinski definition) is 0. The third kappa shape index (κ3) is 5.21. The maximum atomic E-state index is 9.01. The summed E-state index contributed by atoms with van der Waals surface area (Å²) in [5, 5.41) is 12.2. The summed E-state index contributed by atoms with van der Waals surface area (Å²) in [6, 6.07) is 16.1. The minimum absolute atomic E-state index is 0.607. The van der Waals surface area contributed by atoms with Gasteiger partial charge in [-0.3, -0.25) is 4.90 Å². The maximum absolute atomic E-state index is 9.01. The number of ether oxygens (including phenoxy) is 2. The molecule has 0 amide bonds. The van der Waals surface area contributed by atoms with Crippen molar-refractivity contribution in [2.45, 2.75) is 19.9 Å². The standard InChI is InChI=1S/C25H28N4O2S/c1-3-31-23-10-7-20(15-24(23)30-2)25-27-21(18-32-25)17-28-11-4-12-29(14-13-28)22-8-5-19(16-26)6-9-22/h5-10,15,18H,3-4,11-14,17H2,1-2H3. The van der Waals surface area contributed by atoms with E-state index in [2.05, 4.69) is 21.2 Å². The van der Waals surface area contributed by atoms with Crippen molar-refractivity contribution in [3.63, 3.8) is 0 Å². The molecule has 0 unspecified atom stereocenters. The van der Waals surface area contributed by atoms with Crippen molar-refractivity contribution < 1.29 is 9.47 Å². The molecule has 3 aromatic rings. The predicted molar refractivity (Wildman–Crippen MR) is 129 cm³/mol. The van der Waals surface area contributed by atoms with E-state index in [0.717, 1.165) is 66.9 Å². The van der Waals surface area contributed by atoms with Crippen LogP contribution in [-0.2, 0) is 6.54 Å². The molecule has 7 heteroatoms. The lowest BCUT2D eigenvalue weighted by atomic mass is 10.2. The van der Waals surface area contributed by atoms with Crippen LogP contribution in [0.15, 0.2) is 47.8 Å². The van der Waals surface area contributed by atoms with E-state index in [9.17, 15) is 0 Å². The summed E-state index contributed by atoms with van der Waals surface area (Å²) in [6.45, 7) is 7.46. The van der Waals surface area contributed by atoms with E-state index in [1.807, 2.05) is 49.4 Å². The summed E-state index contributed by atoms with van der Waals surface area (Å²) in [5.74, 6) is 1.49. The van der Waals surface area contributed by atoms with Crippen LogP contribution in [0.2, 0.25) is 0 Å². The Balaban J connectivity index is 1.39. The van der Waals surface area contributed by atoms with Gasteiger partial charge in [0.1, 0.15) is 5.01 Å². The molecule has 0 N–H and O–H groups in total. The van der Waals surface area contributed by atoms with Gasteiger partial charge < -0.3 is 14.4 Å². The molecule has 0 spiro atoms. The average molecular weight is 449 g/mol. The Morgan fingerprint density at radius 1 is 1.06 bits per heavy atom. The Morgan fingerprint density at radius 2 is 1.91 bits per heavy atom. The molecule has 0 saturated carbocycles. The monoisotopic (exact) mass is 448 g/mol. The number of nitrogens with zero attached hydrogens (tertiary/aromatic N) is 4. The molecular weight excluding hydrogens is 420 g/mol. The second kappa shape index (κ2) is 10.5. The number of thiazole rings is 1. The Morgan fingerprint density at radius 3 is 2.66 bits per heavy atom. The molecule has 1 aliphatic rings. The number of nitriles is 1. The average Bonchev–Trinajstić information content (AvgIpc) is 3.17. The van der Waals surface area contributed by atoms with Crippen LogP contribution in [0.3, 0.4) is 0 Å². The largest absolute Gasteiger partial charge is 0.493 e. The van der Waals surface area contributed by atoms with Gasteiger partial charge in [-0.1, -0.05) is 0 Å². The van der Waals surface area contributed by atoms with Gasteiger partial charge in [-0.25, -0.2) is 4.98 Å². The molecule has 166 valence electrons. The van der Waals surface area contributed by atoms with Crippen molar-refractivity contribution in [3.8, 4) is 28.1 Å². The Hall–Kier alpha value is -3.08. The van der Waals surface area contributed by atoms with Gasteiger partial charge in [0.25, 0.3) is 0 Å². The molecule has 2 aromatic carbocycles. The topological polar surface area (TPSA) is 61.6 Å². The van der Waals surface area contributed by atoms with Crippen molar-refractivity contribution in [2.24, 2.45) is 0 Å². The summed E-state index contributed by atoms with van der Waals surface area (Å²) >= 11 is 1.66. The van der Waals surface area contributed by atoms with Crippen molar-refractivity contribution in [1.82, 2.24) is 9.88 Å². The Bertz CT molecular complexity index is 1070. The van der Waals surface area contributed by atoms with Crippen molar-refractivity contribution >= 4 is 17.0 Å². The zero-order valence-corrected chi connectivity index (χ0v) is 19.4. The summed E-state index contributed by atoms with van der Waals surface area (Å²) in [5.41, 5.74) is 4.04. The molecule has 0 bridgehead atoms.